The Morgan fingerprint density at radius 3 is 2.58 bits per heavy atom. The Labute approximate surface area is 116 Å². The Morgan fingerprint density at radius 2 is 2.00 bits per heavy atom. The predicted molar refractivity (Wildman–Crippen MR) is 76.1 cm³/mol. The fraction of sp³-hybridized carbons (Fsp3) is 0.286. The van der Waals surface area contributed by atoms with Gasteiger partial charge in [-0.1, -0.05) is 18.5 Å². The first-order valence-electron chi connectivity index (χ1n) is 6.07. The molecule has 2 aromatic rings. The first-order valence-corrected chi connectivity index (χ1v) is 6.44. The van der Waals surface area contributed by atoms with Crippen LogP contribution in [0.5, 0.6) is 0 Å². The van der Waals surface area contributed by atoms with E-state index in [1.807, 2.05) is 20.9 Å². The molecular formula is C14H15ClFN3. The molecule has 1 aromatic heterocycles. The van der Waals surface area contributed by atoms with Gasteiger partial charge in [0.15, 0.2) is 5.82 Å². The molecule has 0 radical (unpaired) electrons. The maximum absolute atomic E-state index is 13.4. The average Bonchev–Trinajstić information content (AvgIpc) is 2.36. The lowest BCUT2D eigenvalue weighted by atomic mass is 10.1. The highest BCUT2D eigenvalue weighted by Crippen LogP contribution is 2.25. The van der Waals surface area contributed by atoms with E-state index in [1.165, 1.54) is 12.1 Å². The Hall–Kier alpha value is -1.68. The van der Waals surface area contributed by atoms with E-state index in [0.29, 0.717) is 16.4 Å². The molecule has 0 saturated carbocycles. The molecule has 3 nitrogen and oxygen atoms in total. The Bertz CT molecular complexity index is 594. The summed E-state index contributed by atoms with van der Waals surface area (Å²) in [5.41, 5.74) is 2.53. The van der Waals surface area contributed by atoms with Crippen molar-refractivity contribution in [2.24, 2.45) is 0 Å². The molecule has 0 aliphatic carbocycles. The number of nitrogens with zero attached hydrogens (tertiary/aromatic N) is 2. The number of aryl methyl sites for hydroxylation is 1. The molecule has 0 bridgehead atoms. The zero-order valence-corrected chi connectivity index (χ0v) is 11.8. The highest BCUT2D eigenvalue weighted by Gasteiger charge is 2.11. The van der Waals surface area contributed by atoms with E-state index in [-0.39, 0.29) is 0 Å². The Kier molecular flexibility index (Phi) is 4.00. The summed E-state index contributed by atoms with van der Waals surface area (Å²) in [5.74, 6) is 0.847. The minimum atomic E-state index is -0.394. The molecule has 0 amide bonds. The second kappa shape index (κ2) is 5.53. The van der Waals surface area contributed by atoms with Gasteiger partial charge in [0.1, 0.15) is 11.6 Å². The number of halogens is 2. The molecule has 0 fully saturated rings. The highest BCUT2D eigenvalue weighted by molar-refractivity contribution is 6.30. The molecule has 1 N–H and O–H groups in total. The summed E-state index contributed by atoms with van der Waals surface area (Å²) in [6.07, 6.45) is 0.839. The fourth-order valence-electron chi connectivity index (χ4n) is 2.04. The van der Waals surface area contributed by atoms with Crippen LogP contribution in [0.4, 0.5) is 10.2 Å². The molecule has 5 heteroatoms. The van der Waals surface area contributed by atoms with Crippen molar-refractivity contribution in [3.63, 3.8) is 0 Å². The SMILES string of the molecule is CCc1c(C)nc(-c2cc(F)cc(Cl)c2)nc1NC. The number of benzene rings is 1. The van der Waals surface area contributed by atoms with Gasteiger partial charge in [-0.15, -0.1) is 0 Å². The topological polar surface area (TPSA) is 37.8 Å². The lowest BCUT2D eigenvalue weighted by Gasteiger charge is -2.11. The standard InChI is InChI=1S/C14H15ClFN3/c1-4-12-8(2)18-13(19-14(12)17-3)9-5-10(15)7-11(16)6-9/h5-7H,4H2,1-3H3,(H,17,18,19). The van der Waals surface area contributed by atoms with Crippen molar-refractivity contribution in [1.82, 2.24) is 9.97 Å². The van der Waals surface area contributed by atoms with Crippen molar-refractivity contribution in [3.8, 4) is 11.4 Å². The summed E-state index contributed by atoms with van der Waals surface area (Å²) in [6.45, 7) is 3.97. The van der Waals surface area contributed by atoms with Gasteiger partial charge in [0.2, 0.25) is 0 Å². The summed E-state index contributed by atoms with van der Waals surface area (Å²) >= 11 is 5.86. The van der Waals surface area contributed by atoms with Gasteiger partial charge in [-0.05, 0) is 31.5 Å². The highest BCUT2D eigenvalue weighted by atomic mass is 35.5. The molecule has 0 unspecified atom stereocenters. The Morgan fingerprint density at radius 1 is 1.26 bits per heavy atom. The molecule has 2 rings (SSSR count). The van der Waals surface area contributed by atoms with E-state index >= 15 is 0 Å². The number of hydrogen-bond donors (Lipinski definition) is 1. The third-order valence-corrected chi connectivity index (χ3v) is 3.14. The Balaban J connectivity index is 2.59. The van der Waals surface area contributed by atoms with Crippen LogP contribution in [0.2, 0.25) is 5.02 Å². The molecule has 0 atom stereocenters. The van der Waals surface area contributed by atoms with Crippen LogP contribution in [0, 0.1) is 12.7 Å². The van der Waals surface area contributed by atoms with Crippen molar-refractivity contribution in [1.29, 1.82) is 0 Å². The number of nitrogens with one attached hydrogen (secondary N) is 1. The van der Waals surface area contributed by atoms with Gasteiger partial charge in [-0.2, -0.15) is 0 Å². The van der Waals surface area contributed by atoms with E-state index in [0.717, 1.165) is 23.5 Å². The summed E-state index contributed by atoms with van der Waals surface area (Å²) in [7, 11) is 1.81. The lowest BCUT2D eigenvalue weighted by molar-refractivity contribution is 0.628. The summed E-state index contributed by atoms with van der Waals surface area (Å²) in [5, 5.41) is 3.38. The molecule has 0 aliphatic rings. The molecule has 1 aromatic carbocycles. The van der Waals surface area contributed by atoms with Crippen LogP contribution in [0.1, 0.15) is 18.2 Å². The molecule has 100 valence electrons. The number of hydrogen-bond acceptors (Lipinski definition) is 3. The average molecular weight is 280 g/mol. The van der Waals surface area contributed by atoms with Gasteiger partial charge in [0.05, 0.1) is 0 Å². The van der Waals surface area contributed by atoms with Crippen molar-refractivity contribution >= 4 is 17.4 Å². The zero-order valence-electron chi connectivity index (χ0n) is 11.1. The third kappa shape index (κ3) is 2.84. The van der Waals surface area contributed by atoms with Crippen LogP contribution in [0.25, 0.3) is 11.4 Å². The van der Waals surface area contributed by atoms with Crippen LogP contribution in [-0.2, 0) is 6.42 Å². The second-order valence-corrected chi connectivity index (χ2v) is 4.66. The van der Waals surface area contributed by atoms with Crippen molar-refractivity contribution in [2.45, 2.75) is 20.3 Å². The summed E-state index contributed by atoms with van der Waals surface area (Å²) < 4.78 is 13.4. The molecule has 1 heterocycles. The van der Waals surface area contributed by atoms with Gasteiger partial charge in [0.25, 0.3) is 0 Å². The summed E-state index contributed by atoms with van der Waals surface area (Å²) in [6, 6.07) is 4.30. The third-order valence-electron chi connectivity index (χ3n) is 2.93. The van der Waals surface area contributed by atoms with Crippen LogP contribution in [-0.4, -0.2) is 17.0 Å². The smallest absolute Gasteiger partial charge is 0.161 e. The molecular weight excluding hydrogens is 265 g/mol. The van der Waals surface area contributed by atoms with Crippen LogP contribution < -0.4 is 5.32 Å². The maximum atomic E-state index is 13.4. The van der Waals surface area contributed by atoms with Crippen molar-refractivity contribution in [3.05, 3.63) is 40.3 Å². The van der Waals surface area contributed by atoms with E-state index in [1.54, 1.807) is 6.07 Å². The minimum absolute atomic E-state index is 0.335. The van der Waals surface area contributed by atoms with E-state index < -0.39 is 5.82 Å². The number of aromatic nitrogens is 2. The molecule has 19 heavy (non-hydrogen) atoms. The minimum Gasteiger partial charge on any atom is -0.373 e. The van der Waals surface area contributed by atoms with Gasteiger partial charge in [-0.25, -0.2) is 14.4 Å². The first-order chi connectivity index (χ1) is 9.05. The largest absolute Gasteiger partial charge is 0.373 e. The van der Waals surface area contributed by atoms with E-state index in [2.05, 4.69) is 15.3 Å². The number of rotatable bonds is 3. The second-order valence-electron chi connectivity index (χ2n) is 4.22. The summed E-state index contributed by atoms with van der Waals surface area (Å²) in [4.78, 5) is 8.86. The van der Waals surface area contributed by atoms with Crippen LogP contribution in [0.3, 0.4) is 0 Å². The van der Waals surface area contributed by atoms with Gasteiger partial charge < -0.3 is 5.32 Å². The van der Waals surface area contributed by atoms with Gasteiger partial charge in [-0.3, -0.25) is 0 Å². The number of anilines is 1. The first kappa shape index (κ1) is 13.7. The van der Waals surface area contributed by atoms with Crippen LogP contribution >= 0.6 is 11.6 Å². The quantitative estimate of drug-likeness (QED) is 0.927. The van der Waals surface area contributed by atoms with Gasteiger partial charge in [0, 0.05) is 28.9 Å². The monoisotopic (exact) mass is 279 g/mol. The van der Waals surface area contributed by atoms with E-state index in [4.69, 9.17) is 11.6 Å². The molecule has 0 spiro atoms. The van der Waals surface area contributed by atoms with Gasteiger partial charge >= 0.3 is 0 Å². The lowest BCUT2D eigenvalue weighted by Crippen LogP contribution is -2.05. The van der Waals surface area contributed by atoms with Crippen LogP contribution in [0.15, 0.2) is 18.2 Å². The van der Waals surface area contributed by atoms with Crippen molar-refractivity contribution < 1.29 is 4.39 Å². The predicted octanol–water partition coefficient (Wildman–Crippen LogP) is 3.85. The molecule has 0 saturated heterocycles. The van der Waals surface area contributed by atoms with Crippen molar-refractivity contribution in [2.75, 3.05) is 12.4 Å². The fourth-order valence-corrected chi connectivity index (χ4v) is 2.26. The molecule has 0 aliphatic heterocycles. The normalized spacial score (nSPS) is 10.6. The maximum Gasteiger partial charge on any atom is 0.161 e. The zero-order chi connectivity index (χ0) is 14.0. The van der Waals surface area contributed by atoms with E-state index in [9.17, 15) is 4.39 Å².